The van der Waals surface area contributed by atoms with Crippen molar-refractivity contribution >= 4 is 81.1 Å². The zero-order valence-corrected chi connectivity index (χ0v) is 30.7. The first-order valence-electron chi connectivity index (χ1n) is 18.8. The molecular formula is C52H34N2S. The molecule has 0 bridgehead atoms. The molecule has 0 saturated heterocycles. The first-order valence-corrected chi connectivity index (χ1v) is 19.6. The first kappa shape index (κ1) is 31.6. The molecule has 0 atom stereocenters. The zero-order valence-electron chi connectivity index (χ0n) is 29.9. The van der Waals surface area contributed by atoms with E-state index in [1.807, 2.05) is 11.3 Å². The molecule has 11 aromatic rings. The van der Waals surface area contributed by atoms with E-state index in [1.54, 1.807) is 0 Å². The van der Waals surface area contributed by atoms with Crippen LogP contribution in [0.5, 0.6) is 0 Å². The van der Waals surface area contributed by atoms with Gasteiger partial charge in [-0.1, -0.05) is 140 Å². The molecule has 0 aliphatic rings. The lowest BCUT2D eigenvalue weighted by Gasteiger charge is -2.27. The number of rotatable bonds is 6. The molecule has 0 spiro atoms. The summed E-state index contributed by atoms with van der Waals surface area (Å²) < 4.78 is 5.06. The molecule has 0 amide bonds. The summed E-state index contributed by atoms with van der Waals surface area (Å²) in [5.41, 5.74) is 11.9. The number of hydrogen-bond acceptors (Lipinski definition) is 2. The Kier molecular flexibility index (Phi) is 7.39. The second-order valence-electron chi connectivity index (χ2n) is 14.1. The lowest BCUT2D eigenvalue weighted by Crippen LogP contribution is -2.10. The van der Waals surface area contributed by atoms with Crippen molar-refractivity contribution in [3.63, 3.8) is 0 Å². The van der Waals surface area contributed by atoms with Crippen LogP contribution in [0.25, 0.3) is 80.7 Å². The topological polar surface area (TPSA) is 8.17 Å². The molecule has 55 heavy (non-hydrogen) atoms. The standard InChI is InChI=1S/C52H34N2S/c1-3-14-35(15-4-1)38-28-31-50-46(32-38)43-21-9-11-23-49(43)54(50)41-33-45(52-47(34-41)44-22-10-12-25-51(44)55-52)37-26-29-40(30-27-37)53(39-18-5-2-6-19-39)48-24-13-17-36-16-7-8-20-42(36)48/h1-34H. The number of nitrogens with zero attached hydrogens (tertiary/aromatic N) is 2. The van der Waals surface area contributed by atoms with Crippen LogP contribution in [0.3, 0.4) is 0 Å². The Morgan fingerprint density at radius 2 is 1.02 bits per heavy atom. The SMILES string of the molecule is c1ccc(-c2ccc3c(c2)c2ccccc2n3-c2cc(-c3ccc(N(c4ccccc4)c4cccc5ccccc45)cc3)c3sc4ccccc4c3c2)cc1. The van der Waals surface area contributed by atoms with Crippen molar-refractivity contribution in [3.05, 3.63) is 206 Å². The van der Waals surface area contributed by atoms with E-state index < -0.39 is 0 Å². The van der Waals surface area contributed by atoms with Gasteiger partial charge >= 0.3 is 0 Å². The number of aromatic nitrogens is 1. The summed E-state index contributed by atoms with van der Waals surface area (Å²) in [5.74, 6) is 0. The van der Waals surface area contributed by atoms with Gasteiger partial charge in [0.25, 0.3) is 0 Å². The van der Waals surface area contributed by atoms with Crippen LogP contribution in [0.1, 0.15) is 0 Å². The summed E-state index contributed by atoms with van der Waals surface area (Å²) in [6.07, 6.45) is 0. The van der Waals surface area contributed by atoms with Gasteiger partial charge in [-0.2, -0.15) is 0 Å². The van der Waals surface area contributed by atoms with Crippen molar-refractivity contribution in [1.29, 1.82) is 0 Å². The van der Waals surface area contributed by atoms with Gasteiger partial charge in [0.15, 0.2) is 0 Å². The molecule has 258 valence electrons. The predicted molar refractivity (Wildman–Crippen MR) is 237 cm³/mol. The summed E-state index contributed by atoms with van der Waals surface area (Å²) in [7, 11) is 0. The van der Waals surface area contributed by atoms with Crippen LogP contribution in [0.2, 0.25) is 0 Å². The smallest absolute Gasteiger partial charge is 0.0541 e. The third-order valence-electron chi connectivity index (χ3n) is 11.0. The monoisotopic (exact) mass is 718 g/mol. The Labute approximate surface area is 323 Å². The van der Waals surface area contributed by atoms with Crippen LogP contribution in [0.15, 0.2) is 206 Å². The Hall–Kier alpha value is -6.94. The van der Waals surface area contributed by atoms with E-state index in [0.717, 1.165) is 22.7 Å². The maximum Gasteiger partial charge on any atom is 0.0541 e. The summed E-state index contributed by atoms with van der Waals surface area (Å²) >= 11 is 1.88. The fraction of sp³-hybridized carbons (Fsp3) is 0. The Bertz CT molecular complexity index is 3190. The van der Waals surface area contributed by atoms with Crippen molar-refractivity contribution in [3.8, 4) is 27.9 Å². The van der Waals surface area contributed by atoms with Gasteiger partial charge in [-0.25, -0.2) is 0 Å². The Morgan fingerprint density at radius 3 is 1.85 bits per heavy atom. The van der Waals surface area contributed by atoms with Gasteiger partial charge in [0.05, 0.1) is 16.7 Å². The van der Waals surface area contributed by atoms with Gasteiger partial charge in [-0.3, -0.25) is 0 Å². The van der Waals surface area contributed by atoms with E-state index in [0.29, 0.717) is 0 Å². The molecule has 2 nitrogen and oxygen atoms in total. The molecule has 11 rings (SSSR count). The maximum absolute atomic E-state index is 2.46. The van der Waals surface area contributed by atoms with Gasteiger partial charge in [-0.05, 0) is 88.8 Å². The van der Waals surface area contributed by atoms with E-state index in [4.69, 9.17) is 0 Å². The fourth-order valence-electron chi connectivity index (χ4n) is 8.41. The molecule has 0 radical (unpaired) electrons. The van der Waals surface area contributed by atoms with Crippen molar-refractivity contribution in [2.24, 2.45) is 0 Å². The first-order chi connectivity index (χ1) is 27.3. The van der Waals surface area contributed by atoms with Crippen molar-refractivity contribution in [1.82, 2.24) is 4.57 Å². The Balaban J connectivity index is 1.11. The molecular weight excluding hydrogens is 685 g/mol. The Morgan fingerprint density at radius 1 is 0.382 bits per heavy atom. The van der Waals surface area contributed by atoms with Gasteiger partial charge in [0.1, 0.15) is 0 Å². The van der Waals surface area contributed by atoms with Crippen LogP contribution in [-0.2, 0) is 0 Å². The van der Waals surface area contributed by atoms with Crippen molar-refractivity contribution in [2.45, 2.75) is 0 Å². The van der Waals surface area contributed by atoms with E-state index in [1.165, 1.54) is 75.0 Å². The van der Waals surface area contributed by atoms with Gasteiger partial charge in [-0.15, -0.1) is 11.3 Å². The van der Waals surface area contributed by atoms with Crippen LogP contribution >= 0.6 is 11.3 Å². The molecule has 2 aromatic heterocycles. The zero-order chi connectivity index (χ0) is 36.3. The average molecular weight is 719 g/mol. The lowest BCUT2D eigenvalue weighted by molar-refractivity contribution is 1.19. The molecule has 0 saturated carbocycles. The number of anilines is 3. The van der Waals surface area contributed by atoms with E-state index >= 15 is 0 Å². The second-order valence-corrected chi connectivity index (χ2v) is 15.2. The molecule has 0 unspecified atom stereocenters. The highest BCUT2D eigenvalue weighted by Crippen LogP contribution is 2.45. The van der Waals surface area contributed by atoms with E-state index in [-0.39, 0.29) is 0 Å². The molecule has 0 aliphatic carbocycles. The quantitative estimate of drug-likeness (QED) is 0.166. The number of thiophene rings is 1. The highest BCUT2D eigenvalue weighted by atomic mass is 32.1. The number of benzene rings is 9. The van der Waals surface area contributed by atoms with Gasteiger partial charge in [0.2, 0.25) is 0 Å². The lowest BCUT2D eigenvalue weighted by atomic mass is 10.0. The van der Waals surface area contributed by atoms with E-state index in [2.05, 4.69) is 216 Å². The fourth-order valence-corrected chi connectivity index (χ4v) is 9.63. The van der Waals surface area contributed by atoms with Crippen LogP contribution < -0.4 is 4.90 Å². The average Bonchev–Trinajstić information content (AvgIpc) is 3.80. The highest BCUT2D eigenvalue weighted by molar-refractivity contribution is 7.26. The minimum absolute atomic E-state index is 1.12. The van der Waals surface area contributed by atoms with Crippen molar-refractivity contribution < 1.29 is 0 Å². The molecule has 0 fully saturated rings. The molecule has 3 heteroatoms. The number of para-hydroxylation sites is 2. The summed E-state index contributed by atoms with van der Waals surface area (Å²) in [4.78, 5) is 2.37. The molecule has 2 heterocycles. The molecule has 9 aromatic carbocycles. The van der Waals surface area contributed by atoms with Crippen LogP contribution in [0, 0.1) is 0 Å². The van der Waals surface area contributed by atoms with Crippen LogP contribution in [0.4, 0.5) is 17.1 Å². The largest absolute Gasteiger partial charge is 0.310 e. The van der Waals surface area contributed by atoms with Gasteiger partial charge < -0.3 is 9.47 Å². The minimum atomic E-state index is 1.12. The minimum Gasteiger partial charge on any atom is -0.310 e. The van der Waals surface area contributed by atoms with E-state index in [9.17, 15) is 0 Å². The third kappa shape index (κ3) is 5.24. The van der Waals surface area contributed by atoms with Crippen LogP contribution in [-0.4, -0.2) is 4.57 Å². The normalized spacial score (nSPS) is 11.6. The third-order valence-corrected chi connectivity index (χ3v) is 12.2. The number of fused-ring (bicyclic) bond motifs is 7. The van der Waals surface area contributed by atoms with Crippen molar-refractivity contribution in [2.75, 3.05) is 4.90 Å². The summed E-state index contributed by atoms with van der Waals surface area (Å²) in [5, 5.41) is 7.53. The highest BCUT2D eigenvalue weighted by Gasteiger charge is 2.19. The molecule has 0 N–H and O–H groups in total. The maximum atomic E-state index is 2.46. The predicted octanol–water partition coefficient (Wildman–Crippen LogP) is 15.1. The summed E-state index contributed by atoms with van der Waals surface area (Å²) in [6, 6.07) is 75.1. The molecule has 0 aliphatic heterocycles. The number of hydrogen-bond donors (Lipinski definition) is 0. The van der Waals surface area contributed by atoms with Gasteiger partial charge in [0, 0.05) is 59.0 Å². The second kappa shape index (κ2) is 12.9. The summed E-state index contributed by atoms with van der Waals surface area (Å²) in [6.45, 7) is 0.